The Bertz CT molecular complexity index is 936. The van der Waals surface area contributed by atoms with Gasteiger partial charge in [0.25, 0.3) is 11.8 Å². The second kappa shape index (κ2) is 9.15. The van der Waals surface area contributed by atoms with Crippen molar-refractivity contribution < 1.29 is 24.2 Å². The van der Waals surface area contributed by atoms with E-state index in [1.54, 1.807) is 48.5 Å². The van der Waals surface area contributed by atoms with E-state index in [1.807, 2.05) is 13.8 Å². The van der Waals surface area contributed by atoms with E-state index >= 15 is 0 Å². The Balaban J connectivity index is 2.03. The van der Waals surface area contributed by atoms with E-state index < -0.39 is 11.8 Å². The molecule has 1 N–H and O–H groups in total. The first-order valence-corrected chi connectivity index (χ1v) is 10.2. The van der Waals surface area contributed by atoms with Crippen LogP contribution in [0.3, 0.4) is 0 Å². The fraction of sp³-hybridized carbons (Fsp3) is 0.273. The Kier molecular flexibility index (Phi) is 6.61. The fourth-order valence-corrected chi connectivity index (χ4v) is 3.91. The smallest absolute Gasteiger partial charge is 0.272 e. The maximum atomic E-state index is 13.3. The molecular formula is C22H23NO5S. The Hall–Kier alpha value is -2.77. The molecule has 2 aromatic rings. The number of para-hydroxylation sites is 2. The number of methoxy groups -OCH3 is 1. The van der Waals surface area contributed by atoms with Crippen LogP contribution in [0.2, 0.25) is 0 Å². The second-order valence-electron chi connectivity index (χ2n) is 6.58. The Morgan fingerprint density at radius 1 is 1.03 bits per heavy atom. The monoisotopic (exact) mass is 413 g/mol. The number of rotatable bonds is 8. The largest absolute Gasteiger partial charge is 0.495 e. The lowest BCUT2D eigenvalue weighted by Gasteiger charge is -2.18. The lowest BCUT2D eigenvalue weighted by atomic mass is 10.1. The maximum Gasteiger partial charge on any atom is 0.272 e. The van der Waals surface area contributed by atoms with Crippen LogP contribution in [0.1, 0.15) is 19.4 Å². The predicted octanol–water partition coefficient (Wildman–Crippen LogP) is 3.49. The van der Waals surface area contributed by atoms with E-state index in [-0.39, 0.29) is 12.7 Å². The van der Waals surface area contributed by atoms with Crippen molar-refractivity contribution in [3.63, 3.8) is 0 Å². The summed E-state index contributed by atoms with van der Waals surface area (Å²) in [6, 6.07) is 14.0. The maximum absolute atomic E-state index is 13.3. The Labute approximate surface area is 174 Å². The van der Waals surface area contributed by atoms with E-state index in [1.165, 1.54) is 18.9 Å². The zero-order valence-electron chi connectivity index (χ0n) is 16.5. The first kappa shape index (κ1) is 21.0. The van der Waals surface area contributed by atoms with Crippen LogP contribution >= 0.6 is 11.8 Å². The molecule has 1 aliphatic heterocycles. The Morgan fingerprint density at radius 2 is 1.72 bits per heavy atom. The quantitative estimate of drug-likeness (QED) is 0.668. The van der Waals surface area contributed by atoms with Gasteiger partial charge in [0.1, 0.15) is 11.5 Å². The lowest BCUT2D eigenvalue weighted by Crippen LogP contribution is -2.31. The minimum atomic E-state index is -0.421. The molecule has 0 aromatic heterocycles. The van der Waals surface area contributed by atoms with E-state index in [2.05, 4.69) is 0 Å². The predicted molar refractivity (Wildman–Crippen MR) is 114 cm³/mol. The van der Waals surface area contributed by atoms with Crippen LogP contribution in [0.15, 0.2) is 53.4 Å². The SMILES string of the molecule is COc1ccccc1N1C(=O)C(SCCO)=C(c2ccc(OC(C)C)cc2)C1=O. The van der Waals surface area contributed by atoms with E-state index in [0.29, 0.717) is 39.0 Å². The zero-order chi connectivity index (χ0) is 21.0. The molecule has 1 heterocycles. The van der Waals surface area contributed by atoms with Gasteiger partial charge in [0, 0.05) is 5.75 Å². The molecule has 1 aliphatic rings. The van der Waals surface area contributed by atoms with E-state index in [9.17, 15) is 14.7 Å². The molecule has 6 nitrogen and oxygen atoms in total. The molecule has 2 amide bonds. The highest BCUT2D eigenvalue weighted by Gasteiger charge is 2.41. The van der Waals surface area contributed by atoms with Gasteiger partial charge in [-0.05, 0) is 43.7 Å². The number of carbonyl (C=O) groups excluding carboxylic acids is 2. The first-order valence-electron chi connectivity index (χ1n) is 9.24. The third-order valence-electron chi connectivity index (χ3n) is 4.22. The number of amides is 2. The molecule has 0 bridgehead atoms. The van der Waals surface area contributed by atoms with Gasteiger partial charge in [-0.2, -0.15) is 0 Å². The molecule has 2 aromatic carbocycles. The van der Waals surface area contributed by atoms with Crippen LogP contribution in [0.4, 0.5) is 5.69 Å². The van der Waals surface area contributed by atoms with Crippen LogP contribution in [0, 0.1) is 0 Å². The van der Waals surface area contributed by atoms with Gasteiger partial charge in [0.05, 0.1) is 36.0 Å². The number of aliphatic hydroxyl groups is 1. The van der Waals surface area contributed by atoms with Crippen molar-refractivity contribution in [3.8, 4) is 11.5 Å². The van der Waals surface area contributed by atoms with E-state index in [4.69, 9.17) is 9.47 Å². The van der Waals surface area contributed by atoms with Gasteiger partial charge in [0.2, 0.25) is 0 Å². The van der Waals surface area contributed by atoms with Crippen LogP contribution in [-0.2, 0) is 9.59 Å². The van der Waals surface area contributed by atoms with Gasteiger partial charge in [-0.15, -0.1) is 11.8 Å². The van der Waals surface area contributed by atoms with Crippen molar-refractivity contribution in [2.45, 2.75) is 20.0 Å². The number of anilines is 1. The lowest BCUT2D eigenvalue weighted by molar-refractivity contribution is -0.119. The van der Waals surface area contributed by atoms with Gasteiger partial charge in [-0.3, -0.25) is 9.59 Å². The van der Waals surface area contributed by atoms with Crippen molar-refractivity contribution in [1.29, 1.82) is 0 Å². The number of benzene rings is 2. The third kappa shape index (κ3) is 4.31. The highest BCUT2D eigenvalue weighted by atomic mass is 32.2. The molecule has 7 heteroatoms. The van der Waals surface area contributed by atoms with Crippen molar-refractivity contribution in [3.05, 3.63) is 59.0 Å². The zero-order valence-corrected chi connectivity index (χ0v) is 17.4. The van der Waals surface area contributed by atoms with Crippen molar-refractivity contribution >= 4 is 34.8 Å². The van der Waals surface area contributed by atoms with Gasteiger partial charge < -0.3 is 14.6 Å². The summed E-state index contributed by atoms with van der Waals surface area (Å²) in [5.74, 6) is 0.592. The molecule has 0 saturated heterocycles. The first-order chi connectivity index (χ1) is 14.0. The summed E-state index contributed by atoms with van der Waals surface area (Å²) in [4.78, 5) is 27.9. The minimum absolute atomic E-state index is 0.0338. The minimum Gasteiger partial charge on any atom is -0.495 e. The molecule has 0 unspecified atom stereocenters. The summed E-state index contributed by atoms with van der Waals surface area (Å²) in [6.07, 6.45) is 0.0338. The van der Waals surface area contributed by atoms with Crippen molar-refractivity contribution in [1.82, 2.24) is 0 Å². The molecule has 3 rings (SSSR count). The molecule has 0 aliphatic carbocycles. The number of nitrogens with zero attached hydrogens (tertiary/aromatic N) is 1. The van der Waals surface area contributed by atoms with Crippen LogP contribution in [0.5, 0.6) is 11.5 Å². The number of carbonyl (C=O) groups is 2. The van der Waals surface area contributed by atoms with Crippen LogP contribution in [-0.4, -0.2) is 42.5 Å². The van der Waals surface area contributed by atoms with Crippen LogP contribution in [0.25, 0.3) is 5.57 Å². The number of hydrogen-bond acceptors (Lipinski definition) is 6. The molecule has 152 valence electrons. The number of hydrogen-bond donors (Lipinski definition) is 1. The summed E-state index contributed by atoms with van der Waals surface area (Å²) >= 11 is 1.17. The van der Waals surface area contributed by atoms with E-state index in [0.717, 1.165) is 4.90 Å². The van der Waals surface area contributed by atoms with Crippen molar-refractivity contribution in [2.24, 2.45) is 0 Å². The van der Waals surface area contributed by atoms with Crippen molar-refractivity contribution in [2.75, 3.05) is 24.4 Å². The average Bonchev–Trinajstić information content (AvgIpc) is 2.96. The molecule has 0 saturated carbocycles. The van der Waals surface area contributed by atoms with Crippen LogP contribution < -0.4 is 14.4 Å². The number of thioether (sulfide) groups is 1. The molecule has 0 atom stereocenters. The number of imide groups is 1. The normalized spacial score (nSPS) is 14.2. The van der Waals surface area contributed by atoms with Gasteiger partial charge in [-0.1, -0.05) is 24.3 Å². The topological polar surface area (TPSA) is 76.1 Å². The third-order valence-corrected chi connectivity index (χ3v) is 5.27. The fourth-order valence-electron chi connectivity index (χ4n) is 3.05. The summed E-state index contributed by atoms with van der Waals surface area (Å²) < 4.78 is 11.0. The van der Waals surface area contributed by atoms with Gasteiger partial charge in [-0.25, -0.2) is 4.90 Å². The highest BCUT2D eigenvalue weighted by molar-refractivity contribution is 8.04. The summed E-state index contributed by atoms with van der Waals surface area (Å²) in [5, 5.41) is 9.23. The summed E-state index contributed by atoms with van der Waals surface area (Å²) in [6.45, 7) is 3.77. The summed E-state index contributed by atoms with van der Waals surface area (Å²) in [7, 11) is 1.49. The number of aliphatic hydroxyl groups excluding tert-OH is 1. The number of ether oxygens (including phenoxy) is 2. The van der Waals surface area contributed by atoms with Gasteiger partial charge in [0.15, 0.2) is 0 Å². The summed E-state index contributed by atoms with van der Waals surface area (Å²) in [5.41, 5.74) is 1.33. The molecule has 29 heavy (non-hydrogen) atoms. The average molecular weight is 413 g/mol. The van der Waals surface area contributed by atoms with Gasteiger partial charge >= 0.3 is 0 Å². The standard InChI is InChI=1S/C22H23NO5S/c1-14(2)28-16-10-8-15(9-11-16)19-20(29-13-12-24)22(26)23(21(19)25)17-6-4-5-7-18(17)27-3/h4-11,14,24H,12-13H2,1-3H3. The molecule has 0 fully saturated rings. The second-order valence-corrected chi connectivity index (χ2v) is 7.69. The highest BCUT2D eigenvalue weighted by Crippen LogP contribution is 2.41. The Morgan fingerprint density at radius 3 is 2.34 bits per heavy atom. The molecular weight excluding hydrogens is 390 g/mol. The molecule has 0 radical (unpaired) electrons. The molecule has 0 spiro atoms.